The van der Waals surface area contributed by atoms with Crippen LogP contribution in [0.3, 0.4) is 0 Å². The molecule has 0 spiro atoms. The first-order valence-electron chi connectivity index (χ1n) is 6.71. The lowest BCUT2D eigenvalue weighted by atomic mass is 10.2. The molecule has 0 N–H and O–H groups in total. The van der Waals surface area contributed by atoms with Gasteiger partial charge in [0.15, 0.2) is 0 Å². The van der Waals surface area contributed by atoms with Crippen LogP contribution >= 0.6 is 11.3 Å². The van der Waals surface area contributed by atoms with Crippen LogP contribution in [0, 0.1) is 0 Å². The summed E-state index contributed by atoms with van der Waals surface area (Å²) in [4.78, 5) is 32.2. The van der Waals surface area contributed by atoms with Gasteiger partial charge in [-0.25, -0.2) is 4.98 Å². The zero-order valence-corrected chi connectivity index (χ0v) is 11.6. The Morgan fingerprint density at radius 1 is 1.37 bits per heavy atom. The molecule has 1 aromatic heterocycles. The second-order valence-corrected chi connectivity index (χ2v) is 5.77. The SMILES string of the molecule is O=C1C2CCCN2C(=O)CCN1CCc1cscn1. The molecule has 0 radical (unpaired) electrons. The molecule has 3 rings (SSSR count). The molecule has 2 fully saturated rings. The van der Waals surface area contributed by atoms with E-state index < -0.39 is 0 Å². The number of thiazole rings is 1. The quantitative estimate of drug-likeness (QED) is 0.826. The summed E-state index contributed by atoms with van der Waals surface area (Å²) in [5.74, 6) is 0.255. The first-order chi connectivity index (χ1) is 9.25. The maximum atomic E-state index is 12.4. The number of carbonyl (C=O) groups excluding carboxylic acids is 2. The van der Waals surface area contributed by atoms with Crippen molar-refractivity contribution >= 4 is 23.2 Å². The van der Waals surface area contributed by atoms with Gasteiger partial charge in [0.05, 0.1) is 11.2 Å². The third-order valence-electron chi connectivity index (χ3n) is 3.89. The van der Waals surface area contributed by atoms with Crippen LogP contribution in [0.25, 0.3) is 0 Å². The molecule has 0 aliphatic carbocycles. The lowest BCUT2D eigenvalue weighted by Gasteiger charge is -2.24. The van der Waals surface area contributed by atoms with Crippen molar-refractivity contribution in [3.05, 3.63) is 16.6 Å². The first-order valence-corrected chi connectivity index (χ1v) is 7.65. The van der Waals surface area contributed by atoms with Crippen LogP contribution in [-0.2, 0) is 16.0 Å². The summed E-state index contributed by atoms with van der Waals surface area (Å²) >= 11 is 1.57. The predicted molar refractivity (Wildman–Crippen MR) is 71.8 cm³/mol. The van der Waals surface area contributed by atoms with E-state index in [2.05, 4.69) is 4.98 Å². The molecule has 0 bridgehead atoms. The Hall–Kier alpha value is -1.43. The van der Waals surface area contributed by atoms with Crippen molar-refractivity contribution in [3.8, 4) is 0 Å². The Morgan fingerprint density at radius 3 is 3.05 bits per heavy atom. The van der Waals surface area contributed by atoms with E-state index >= 15 is 0 Å². The molecule has 1 aromatic rings. The highest BCUT2D eigenvalue weighted by atomic mass is 32.1. The van der Waals surface area contributed by atoms with Crippen molar-refractivity contribution in [2.45, 2.75) is 31.7 Å². The zero-order valence-electron chi connectivity index (χ0n) is 10.7. The summed E-state index contributed by atoms with van der Waals surface area (Å²) in [6.45, 7) is 1.96. The van der Waals surface area contributed by atoms with Gasteiger partial charge in [-0.1, -0.05) is 0 Å². The van der Waals surface area contributed by atoms with Crippen LogP contribution in [0.4, 0.5) is 0 Å². The summed E-state index contributed by atoms with van der Waals surface area (Å²) in [7, 11) is 0. The number of hydrogen-bond donors (Lipinski definition) is 0. The topological polar surface area (TPSA) is 53.5 Å². The third kappa shape index (κ3) is 2.49. The standard InChI is InChI=1S/C13H17N3O2S/c17-12-4-7-15(6-3-10-8-19-9-14-10)13(18)11-2-1-5-16(11)12/h8-9,11H,1-7H2. The van der Waals surface area contributed by atoms with Gasteiger partial charge in [0.2, 0.25) is 11.8 Å². The second kappa shape index (κ2) is 5.28. The van der Waals surface area contributed by atoms with Crippen LogP contribution in [0.2, 0.25) is 0 Å². The van der Waals surface area contributed by atoms with Crippen molar-refractivity contribution in [1.29, 1.82) is 0 Å². The van der Waals surface area contributed by atoms with E-state index in [4.69, 9.17) is 0 Å². The molecule has 0 saturated carbocycles. The molecule has 5 nitrogen and oxygen atoms in total. The third-order valence-corrected chi connectivity index (χ3v) is 4.52. The van der Waals surface area contributed by atoms with E-state index in [-0.39, 0.29) is 17.9 Å². The minimum absolute atomic E-state index is 0.124. The minimum Gasteiger partial charge on any atom is -0.340 e. The van der Waals surface area contributed by atoms with Crippen LogP contribution in [-0.4, -0.2) is 52.3 Å². The Bertz CT molecular complexity index is 474. The average Bonchev–Trinajstić information content (AvgIpc) is 3.07. The minimum atomic E-state index is -0.203. The van der Waals surface area contributed by atoms with E-state index in [1.807, 2.05) is 15.8 Å². The van der Waals surface area contributed by atoms with Gasteiger partial charge in [0, 0.05) is 37.9 Å². The molecule has 1 atom stereocenters. The van der Waals surface area contributed by atoms with Crippen molar-refractivity contribution in [3.63, 3.8) is 0 Å². The van der Waals surface area contributed by atoms with Crippen LogP contribution in [0.5, 0.6) is 0 Å². The molecule has 2 amide bonds. The van der Waals surface area contributed by atoms with Crippen LogP contribution < -0.4 is 0 Å². The van der Waals surface area contributed by atoms with E-state index in [0.29, 0.717) is 19.5 Å². The maximum Gasteiger partial charge on any atom is 0.245 e. The zero-order chi connectivity index (χ0) is 13.2. The van der Waals surface area contributed by atoms with Gasteiger partial charge in [-0.05, 0) is 12.8 Å². The second-order valence-electron chi connectivity index (χ2n) is 5.05. The molecular formula is C13H17N3O2S. The number of rotatable bonds is 3. The number of hydrogen-bond acceptors (Lipinski definition) is 4. The molecule has 3 heterocycles. The average molecular weight is 279 g/mol. The molecule has 2 aliphatic heterocycles. The highest BCUT2D eigenvalue weighted by Gasteiger charge is 2.38. The fourth-order valence-electron chi connectivity index (χ4n) is 2.85. The van der Waals surface area contributed by atoms with E-state index in [1.165, 1.54) is 0 Å². The Labute approximate surface area is 116 Å². The Morgan fingerprint density at radius 2 is 2.26 bits per heavy atom. The van der Waals surface area contributed by atoms with Gasteiger partial charge in [0.25, 0.3) is 0 Å². The molecule has 2 saturated heterocycles. The summed E-state index contributed by atoms with van der Waals surface area (Å²) < 4.78 is 0. The van der Waals surface area contributed by atoms with E-state index in [1.54, 1.807) is 16.2 Å². The summed E-state index contributed by atoms with van der Waals surface area (Å²) in [5.41, 5.74) is 2.83. The molecular weight excluding hydrogens is 262 g/mol. The number of nitrogens with zero attached hydrogens (tertiary/aromatic N) is 3. The highest BCUT2D eigenvalue weighted by Crippen LogP contribution is 2.23. The normalized spacial score (nSPS) is 23.7. The number of fused-ring (bicyclic) bond motifs is 1. The molecule has 2 aliphatic rings. The highest BCUT2D eigenvalue weighted by molar-refractivity contribution is 7.07. The lowest BCUT2D eigenvalue weighted by molar-refractivity contribution is -0.139. The van der Waals surface area contributed by atoms with Crippen LogP contribution in [0.1, 0.15) is 25.0 Å². The first kappa shape index (κ1) is 12.6. The smallest absolute Gasteiger partial charge is 0.245 e. The molecule has 0 aromatic carbocycles. The number of aromatic nitrogens is 1. The molecule has 6 heteroatoms. The van der Waals surface area contributed by atoms with Crippen molar-refractivity contribution in [2.75, 3.05) is 19.6 Å². The van der Waals surface area contributed by atoms with Gasteiger partial charge in [-0.15, -0.1) is 11.3 Å². The van der Waals surface area contributed by atoms with E-state index in [9.17, 15) is 9.59 Å². The van der Waals surface area contributed by atoms with Gasteiger partial charge >= 0.3 is 0 Å². The van der Waals surface area contributed by atoms with Crippen molar-refractivity contribution < 1.29 is 9.59 Å². The van der Waals surface area contributed by atoms with Crippen molar-refractivity contribution in [1.82, 2.24) is 14.8 Å². The largest absolute Gasteiger partial charge is 0.340 e. The predicted octanol–water partition coefficient (Wildman–Crippen LogP) is 0.909. The fourth-order valence-corrected chi connectivity index (χ4v) is 3.44. The van der Waals surface area contributed by atoms with E-state index in [0.717, 1.165) is 31.5 Å². The lowest BCUT2D eigenvalue weighted by Crippen LogP contribution is -2.44. The molecule has 19 heavy (non-hydrogen) atoms. The number of carbonyl (C=O) groups is 2. The Balaban J connectivity index is 1.67. The summed E-state index contributed by atoms with van der Waals surface area (Å²) in [6, 6.07) is -0.203. The maximum absolute atomic E-state index is 12.4. The van der Waals surface area contributed by atoms with Gasteiger partial charge in [-0.2, -0.15) is 0 Å². The van der Waals surface area contributed by atoms with Crippen LogP contribution in [0.15, 0.2) is 10.9 Å². The van der Waals surface area contributed by atoms with Gasteiger partial charge < -0.3 is 9.80 Å². The molecule has 1 unspecified atom stereocenters. The summed E-state index contributed by atoms with van der Waals surface area (Å²) in [6.07, 6.45) is 3.00. The monoisotopic (exact) mass is 279 g/mol. The van der Waals surface area contributed by atoms with Gasteiger partial charge in [-0.3, -0.25) is 9.59 Å². The Kier molecular flexibility index (Phi) is 3.50. The number of amides is 2. The summed E-state index contributed by atoms with van der Waals surface area (Å²) in [5, 5.41) is 2.01. The van der Waals surface area contributed by atoms with Gasteiger partial charge in [0.1, 0.15) is 6.04 Å². The van der Waals surface area contributed by atoms with Crippen molar-refractivity contribution in [2.24, 2.45) is 0 Å². The fraction of sp³-hybridized carbons (Fsp3) is 0.615. The molecule has 102 valence electrons.